The molecule has 0 heterocycles. The molecule has 0 atom stereocenters. The molecule has 0 saturated carbocycles. The molecule has 0 N–H and O–H groups in total. The Hall–Kier alpha value is -0.920. The van der Waals surface area contributed by atoms with E-state index in [1.165, 1.54) is 0 Å². The molecule has 0 aliphatic carbocycles. The van der Waals surface area contributed by atoms with Crippen LogP contribution in [0, 0.1) is 0 Å². The first-order valence-corrected chi connectivity index (χ1v) is 4.74. The van der Waals surface area contributed by atoms with E-state index in [9.17, 15) is 9.59 Å². The maximum absolute atomic E-state index is 11.2. The van der Waals surface area contributed by atoms with Crippen LogP contribution in [0.1, 0.15) is 47.0 Å². The standard InChI is InChI=1S/C11H18O2/c1-5-10(7-8(3)12)11(6-2)9(4)13/h5-7H2,1-4H3/b11-10-. The zero-order chi connectivity index (χ0) is 10.4. The van der Waals surface area contributed by atoms with Crippen LogP contribution in [0.25, 0.3) is 0 Å². The Bertz CT molecular complexity index is 236. The molecule has 2 nitrogen and oxygen atoms in total. The molecule has 0 spiro atoms. The van der Waals surface area contributed by atoms with Gasteiger partial charge in [0.1, 0.15) is 5.78 Å². The van der Waals surface area contributed by atoms with E-state index >= 15 is 0 Å². The largest absolute Gasteiger partial charge is 0.300 e. The van der Waals surface area contributed by atoms with Gasteiger partial charge < -0.3 is 0 Å². The number of carbonyl (C=O) groups is 2. The first-order valence-electron chi connectivity index (χ1n) is 4.74. The van der Waals surface area contributed by atoms with Crippen LogP contribution in [-0.2, 0) is 9.59 Å². The number of rotatable bonds is 5. The summed E-state index contributed by atoms with van der Waals surface area (Å²) >= 11 is 0. The number of Topliss-reactive ketones (excluding diaryl/α,β-unsaturated/α-hetero) is 2. The van der Waals surface area contributed by atoms with Crippen molar-refractivity contribution in [2.45, 2.75) is 47.0 Å². The van der Waals surface area contributed by atoms with E-state index in [-0.39, 0.29) is 11.6 Å². The Kier molecular flexibility index (Phi) is 5.28. The molecule has 0 aromatic rings. The maximum Gasteiger partial charge on any atom is 0.155 e. The lowest BCUT2D eigenvalue weighted by molar-refractivity contribution is -0.116. The molecule has 0 amide bonds. The second kappa shape index (κ2) is 5.68. The second-order valence-electron chi connectivity index (χ2n) is 3.22. The van der Waals surface area contributed by atoms with Crippen molar-refractivity contribution in [3.8, 4) is 0 Å². The van der Waals surface area contributed by atoms with Crippen molar-refractivity contribution in [3.63, 3.8) is 0 Å². The van der Waals surface area contributed by atoms with E-state index < -0.39 is 0 Å². The molecule has 0 saturated heterocycles. The topological polar surface area (TPSA) is 34.1 Å². The van der Waals surface area contributed by atoms with Gasteiger partial charge in [0, 0.05) is 6.42 Å². The van der Waals surface area contributed by atoms with Crippen LogP contribution in [-0.4, -0.2) is 11.6 Å². The van der Waals surface area contributed by atoms with Crippen LogP contribution >= 0.6 is 0 Å². The lowest BCUT2D eigenvalue weighted by Gasteiger charge is -2.08. The fourth-order valence-electron chi connectivity index (χ4n) is 1.49. The third kappa shape index (κ3) is 4.02. The van der Waals surface area contributed by atoms with Crippen molar-refractivity contribution in [3.05, 3.63) is 11.1 Å². The molecular formula is C11H18O2. The SMILES string of the molecule is CC/C(CC(C)=O)=C(\CC)C(C)=O. The highest BCUT2D eigenvalue weighted by Gasteiger charge is 2.09. The molecule has 74 valence electrons. The molecule has 0 fully saturated rings. The highest BCUT2D eigenvalue weighted by Crippen LogP contribution is 2.17. The molecule has 0 unspecified atom stereocenters. The van der Waals surface area contributed by atoms with Crippen LogP contribution in [0.4, 0.5) is 0 Å². The summed E-state index contributed by atoms with van der Waals surface area (Å²) < 4.78 is 0. The Labute approximate surface area is 80.0 Å². The van der Waals surface area contributed by atoms with Crippen molar-refractivity contribution in [2.75, 3.05) is 0 Å². The molecule has 2 heteroatoms. The van der Waals surface area contributed by atoms with Crippen LogP contribution in [0.5, 0.6) is 0 Å². The first-order chi connectivity index (χ1) is 6.02. The zero-order valence-electron chi connectivity index (χ0n) is 8.94. The zero-order valence-corrected chi connectivity index (χ0v) is 8.94. The van der Waals surface area contributed by atoms with Crippen molar-refractivity contribution in [1.29, 1.82) is 0 Å². The molecule has 0 radical (unpaired) electrons. The quantitative estimate of drug-likeness (QED) is 0.612. The smallest absolute Gasteiger partial charge is 0.155 e. The summed E-state index contributed by atoms with van der Waals surface area (Å²) in [4.78, 5) is 22.1. The van der Waals surface area contributed by atoms with Crippen molar-refractivity contribution in [1.82, 2.24) is 0 Å². The van der Waals surface area contributed by atoms with Crippen LogP contribution in [0.3, 0.4) is 0 Å². The van der Waals surface area contributed by atoms with E-state index in [4.69, 9.17) is 0 Å². The molecule has 0 rings (SSSR count). The van der Waals surface area contributed by atoms with Crippen LogP contribution < -0.4 is 0 Å². The minimum atomic E-state index is 0.0978. The fraction of sp³-hybridized carbons (Fsp3) is 0.636. The number of carbonyl (C=O) groups excluding carboxylic acids is 2. The second-order valence-corrected chi connectivity index (χ2v) is 3.22. The Balaban J connectivity index is 4.82. The van der Waals surface area contributed by atoms with Gasteiger partial charge in [-0.05, 0) is 32.3 Å². The normalized spacial score (nSPS) is 12.3. The number of hydrogen-bond donors (Lipinski definition) is 0. The van der Waals surface area contributed by atoms with E-state index in [0.717, 1.165) is 24.0 Å². The van der Waals surface area contributed by atoms with Gasteiger partial charge in [-0.2, -0.15) is 0 Å². The molecule has 0 aliphatic rings. The predicted octanol–water partition coefficient (Wildman–Crippen LogP) is 2.67. The van der Waals surface area contributed by atoms with Crippen LogP contribution in [0.15, 0.2) is 11.1 Å². The van der Waals surface area contributed by atoms with Gasteiger partial charge in [-0.25, -0.2) is 0 Å². The number of hydrogen-bond acceptors (Lipinski definition) is 2. The minimum Gasteiger partial charge on any atom is -0.300 e. The first kappa shape index (κ1) is 12.1. The summed E-state index contributed by atoms with van der Waals surface area (Å²) in [5.74, 6) is 0.227. The number of ketones is 2. The summed E-state index contributed by atoms with van der Waals surface area (Å²) in [6.07, 6.45) is 1.95. The lowest BCUT2D eigenvalue weighted by Crippen LogP contribution is -2.03. The van der Waals surface area contributed by atoms with Gasteiger partial charge in [-0.1, -0.05) is 19.4 Å². The highest BCUT2D eigenvalue weighted by atomic mass is 16.1. The average Bonchev–Trinajstić information content (AvgIpc) is 2.02. The van der Waals surface area contributed by atoms with Gasteiger partial charge in [-0.3, -0.25) is 9.59 Å². The fourth-order valence-corrected chi connectivity index (χ4v) is 1.49. The minimum absolute atomic E-state index is 0.0978. The van der Waals surface area contributed by atoms with Crippen LogP contribution in [0.2, 0.25) is 0 Å². The summed E-state index contributed by atoms with van der Waals surface area (Å²) in [5.41, 5.74) is 1.83. The Morgan fingerprint density at radius 1 is 1.00 bits per heavy atom. The highest BCUT2D eigenvalue weighted by molar-refractivity contribution is 5.95. The van der Waals surface area contributed by atoms with Gasteiger partial charge in [0.2, 0.25) is 0 Å². The Morgan fingerprint density at radius 2 is 1.54 bits per heavy atom. The summed E-state index contributed by atoms with van der Waals surface area (Å²) in [7, 11) is 0. The molecule has 0 aromatic carbocycles. The monoisotopic (exact) mass is 182 g/mol. The van der Waals surface area contributed by atoms with Crippen molar-refractivity contribution < 1.29 is 9.59 Å². The Morgan fingerprint density at radius 3 is 1.77 bits per heavy atom. The average molecular weight is 182 g/mol. The molecular weight excluding hydrogens is 164 g/mol. The molecule has 0 aliphatic heterocycles. The van der Waals surface area contributed by atoms with Gasteiger partial charge in [0.25, 0.3) is 0 Å². The lowest BCUT2D eigenvalue weighted by atomic mass is 9.96. The summed E-state index contributed by atoms with van der Waals surface area (Å²) in [6, 6.07) is 0. The molecule has 0 bridgehead atoms. The van der Waals surface area contributed by atoms with Crippen molar-refractivity contribution in [2.24, 2.45) is 0 Å². The van der Waals surface area contributed by atoms with Gasteiger partial charge >= 0.3 is 0 Å². The van der Waals surface area contributed by atoms with Gasteiger partial charge in [0.15, 0.2) is 5.78 Å². The maximum atomic E-state index is 11.2. The number of allylic oxidation sites excluding steroid dienone is 2. The van der Waals surface area contributed by atoms with E-state index in [1.807, 2.05) is 13.8 Å². The van der Waals surface area contributed by atoms with E-state index in [2.05, 4.69) is 0 Å². The third-order valence-corrected chi connectivity index (χ3v) is 2.09. The summed E-state index contributed by atoms with van der Waals surface area (Å²) in [6.45, 7) is 7.06. The van der Waals surface area contributed by atoms with Crippen molar-refractivity contribution >= 4 is 11.6 Å². The molecule has 13 heavy (non-hydrogen) atoms. The van der Waals surface area contributed by atoms with Gasteiger partial charge in [0.05, 0.1) is 0 Å². The third-order valence-electron chi connectivity index (χ3n) is 2.09. The molecule has 0 aromatic heterocycles. The van der Waals surface area contributed by atoms with E-state index in [0.29, 0.717) is 6.42 Å². The predicted molar refractivity (Wildman–Crippen MR) is 53.6 cm³/mol. The summed E-state index contributed by atoms with van der Waals surface area (Å²) in [5, 5.41) is 0. The van der Waals surface area contributed by atoms with E-state index in [1.54, 1.807) is 13.8 Å². The van der Waals surface area contributed by atoms with Gasteiger partial charge in [-0.15, -0.1) is 0 Å².